The van der Waals surface area contributed by atoms with Crippen LogP contribution in [0.15, 0.2) is 30.3 Å². The van der Waals surface area contributed by atoms with Crippen molar-refractivity contribution in [1.29, 1.82) is 0 Å². The number of hydrogen-bond acceptors (Lipinski definition) is 2. The summed E-state index contributed by atoms with van der Waals surface area (Å²) >= 11 is 0. The molecule has 5 heteroatoms. The molecular formula is C16H24N2O3. The number of amides is 2. The zero-order valence-corrected chi connectivity index (χ0v) is 12.7. The highest BCUT2D eigenvalue weighted by Crippen LogP contribution is 2.03. The standard InChI is InChI=1S/C16H24N2O3/c1-3-4-10-14(15(19)20)17-16(21)18(2)12-11-13-8-6-5-7-9-13/h5-9,14H,3-4,10-12H2,1-2H3,(H,17,21)(H,19,20). The quantitative estimate of drug-likeness (QED) is 0.773. The number of nitrogens with one attached hydrogen (secondary N) is 1. The highest BCUT2D eigenvalue weighted by molar-refractivity contribution is 5.82. The highest BCUT2D eigenvalue weighted by atomic mass is 16.4. The van der Waals surface area contributed by atoms with Crippen molar-refractivity contribution in [2.24, 2.45) is 0 Å². The third kappa shape index (κ3) is 6.29. The second-order valence-corrected chi connectivity index (χ2v) is 5.14. The van der Waals surface area contributed by atoms with Crippen LogP contribution in [-0.2, 0) is 11.2 Å². The minimum Gasteiger partial charge on any atom is -0.480 e. The fraction of sp³-hybridized carbons (Fsp3) is 0.500. The molecule has 0 bridgehead atoms. The molecular weight excluding hydrogens is 268 g/mol. The number of nitrogens with zero attached hydrogens (tertiary/aromatic N) is 1. The van der Waals surface area contributed by atoms with E-state index in [-0.39, 0.29) is 6.03 Å². The van der Waals surface area contributed by atoms with Crippen LogP contribution in [0.5, 0.6) is 0 Å². The van der Waals surface area contributed by atoms with Gasteiger partial charge in [-0.2, -0.15) is 0 Å². The van der Waals surface area contributed by atoms with Gasteiger partial charge in [-0.25, -0.2) is 9.59 Å². The lowest BCUT2D eigenvalue weighted by atomic mass is 10.1. The Kier molecular flexibility index (Phi) is 7.29. The van der Waals surface area contributed by atoms with Gasteiger partial charge in [-0.3, -0.25) is 0 Å². The Balaban J connectivity index is 2.43. The first kappa shape index (κ1) is 17.0. The van der Waals surface area contributed by atoms with Crippen molar-refractivity contribution in [1.82, 2.24) is 10.2 Å². The smallest absolute Gasteiger partial charge is 0.326 e. The molecule has 1 rings (SSSR count). The minimum atomic E-state index is -0.978. The van der Waals surface area contributed by atoms with E-state index in [4.69, 9.17) is 5.11 Å². The van der Waals surface area contributed by atoms with Crippen LogP contribution in [-0.4, -0.2) is 41.6 Å². The Bertz CT molecular complexity index is 448. The summed E-state index contributed by atoms with van der Waals surface area (Å²) in [6, 6.07) is 8.73. The summed E-state index contributed by atoms with van der Waals surface area (Å²) in [5.74, 6) is -0.978. The number of benzene rings is 1. The van der Waals surface area contributed by atoms with Gasteiger partial charge in [0.15, 0.2) is 0 Å². The second-order valence-electron chi connectivity index (χ2n) is 5.14. The molecule has 1 atom stereocenters. The van der Waals surface area contributed by atoms with E-state index in [0.29, 0.717) is 13.0 Å². The van der Waals surface area contributed by atoms with Gasteiger partial charge in [0.25, 0.3) is 0 Å². The Morgan fingerprint density at radius 1 is 1.29 bits per heavy atom. The summed E-state index contributed by atoms with van der Waals surface area (Å²) in [5, 5.41) is 11.7. The highest BCUT2D eigenvalue weighted by Gasteiger charge is 2.20. The van der Waals surface area contributed by atoms with Crippen LogP contribution in [0.4, 0.5) is 4.79 Å². The van der Waals surface area contributed by atoms with Crippen molar-refractivity contribution < 1.29 is 14.7 Å². The fourth-order valence-corrected chi connectivity index (χ4v) is 1.97. The minimum absolute atomic E-state index is 0.338. The molecule has 0 fully saturated rings. The Morgan fingerprint density at radius 3 is 2.52 bits per heavy atom. The number of rotatable bonds is 8. The average molecular weight is 292 g/mol. The largest absolute Gasteiger partial charge is 0.480 e. The molecule has 21 heavy (non-hydrogen) atoms. The number of carbonyl (C=O) groups excluding carboxylic acids is 1. The lowest BCUT2D eigenvalue weighted by molar-refractivity contribution is -0.139. The van der Waals surface area contributed by atoms with Crippen LogP contribution < -0.4 is 5.32 Å². The van der Waals surface area contributed by atoms with Crippen LogP contribution in [0.3, 0.4) is 0 Å². The van der Waals surface area contributed by atoms with Crippen LogP contribution in [0.2, 0.25) is 0 Å². The average Bonchev–Trinajstić information content (AvgIpc) is 2.49. The van der Waals surface area contributed by atoms with Crippen molar-refractivity contribution in [2.45, 2.75) is 38.6 Å². The number of carboxylic acid groups (broad SMARTS) is 1. The van der Waals surface area contributed by atoms with E-state index in [2.05, 4.69) is 5.32 Å². The van der Waals surface area contributed by atoms with E-state index in [1.54, 1.807) is 7.05 Å². The summed E-state index contributed by atoms with van der Waals surface area (Å²) in [7, 11) is 1.68. The van der Waals surface area contributed by atoms with Gasteiger partial charge < -0.3 is 15.3 Å². The molecule has 0 heterocycles. The number of carbonyl (C=O) groups is 2. The number of aliphatic carboxylic acids is 1. The maximum absolute atomic E-state index is 12.0. The topological polar surface area (TPSA) is 69.6 Å². The molecule has 0 aromatic heterocycles. The third-order valence-electron chi connectivity index (χ3n) is 3.37. The second kappa shape index (κ2) is 9.00. The van der Waals surface area contributed by atoms with E-state index < -0.39 is 12.0 Å². The van der Waals surface area contributed by atoms with Crippen molar-refractivity contribution in [3.05, 3.63) is 35.9 Å². The molecule has 0 spiro atoms. The number of urea groups is 1. The molecule has 0 saturated heterocycles. The number of carboxylic acids is 1. The van der Waals surface area contributed by atoms with Gasteiger partial charge in [0, 0.05) is 13.6 Å². The summed E-state index contributed by atoms with van der Waals surface area (Å²) < 4.78 is 0. The summed E-state index contributed by atoms with van der Waals surface area (Å²) in [4.78, 5) is 24.6. The number of unbranched alkanes of at least 4 members (excludes halogenated alkanes) is 1. The molecule has 0 aliphatic heterocycles. The lowest BCUT2D eigenvalue weighted by Gasteiger charge is -2.21. The van der Waals surface area contributed by atoms with E-state index >= 15 is 0 Å². The normalized spacial score (nSPS) is 11.7. The van der Waals surface area contributed by atoms with Gasteiger partial charge in [-0.15, -0.1) is 0 Å². The Hall–Kier alpha value is -2.04. The SMILES string of the molecule is CCCCC(NC(=O)N(C)CCc1ccccc1)C(=O)O. The van der Waals surface area contributed by atoms with E-state index in [0.717, 1.165) is 24.8 Å². The fourth-order valence-electron chi connectivity index (χ4n) is 1.97. The van der Waals surface area contributed by atoms with Crippen molar-refractivity contribution >= 4 is 12.0 Å². The first-order chi connectivity index (χ1) is 10.0. The summed E-state index contributed by atoms with van der Waals surface area (Å²) in [6.45, 7) is 2.54. The lowest BCUT2D eigenvalue weighted by Crippen LogP contribution is -2.47. The summed E-state index contributed by atoms with van der Waals surface area (Å²) in [5.41, 5.74) is 1.15. The van der Waals surface area contributed by atoms with E-state index in [1.165, 1.54) is 4.90 Å². The van der Waals surface area contributed by atoms with E-state index in [1.807, 2.05) is 37.3 Å². The summed E-state index contributed by atoms with van der Waals surface area (Å²) in [6.07, 6.45) is 2.90. The zero-order valence-electron chi connectivity index (χ0n) is 12.7. The number of likely N-dealkylation sites (N-methyl/N-ethyl adjacent to an activating group) is 1. The molecule has 0 aliphatic carbocycles. The zero-order chi connectivity index (χ0) is 15.7. The van der Waals surface area contributed by atoms with Gasteiger partial charge >= 0.3 is 12.0 Å². The molecule has 1 aromatic carbocycles. The van der Waals surface area contributed by atoms with Gasteiger partial charge in [0.05, 0.1) is 0 Å². The molecule has 1 unspecified atom stereocenters. The molecule has 0 saturated carbocycles. The van der Waals surface area contributed by atoms with Crippen LogP contribution in [0.25, 0.3) is 0 Å². The molecule has 0 radical (unpaired) electrons. The molecule has 116 valence electrons. The number of hydrogen-bond donors (Lipinski definition) is 2. The molecule has 5 nitrogen and oxygen atoms in total. The predicted octanol–water partition coefficient (Wildman–Crippen LogP) is 2.51. The molecule has 2 N–H and O–H groups in total. The Morgan fingerprint density at radius 2 is 1.95 bits per heavy atom. The maximum Gasteiger partial charge on any atom is 0.326 e. The van der Waals surface area contributed by atoms with Gasteiger partial charge in [-0.1, -0.05) is 50.1 Å². The van der Waals surface area contributed by atoms with Crippen molar-refractivity contribution in [3.63, 3.8) is 0 Å². The van der Waals surface area contributed by atoms with Crippen LogP contribution >= 0.6 is 0 Å². The first-order valence-electron chi connectivity index (χ1n) is 7.33. The first-order valence-corrected chi connectivity index (χ1v) is 7.33. The maximum atomic E-state index is 12.0. The van der Waals surface area contributed by atoms with Gasteiger partial charge in [0.2, 0.25) is 0 Å². The Labute approximate surface area is 126 Å². The van der Waals surface area contributed by atoms with Gasteiger partial charge in [-0.05, 0) is 18.4 Å². The van der Waals surface area contributed by atoms with Gasteiger partial charge in [0.1, 0.15) is 6.04 Å². The van der Waals surface area contributed by atoms with E-state index in [9.17, 15) is 9.59 Å². The van der Waals surface area contributed by atoms with Crippen molar-refractivity contribution in [3.8, 4) is 0 Å². The monoisotopic (exact) mass is 292 g/mol. The van der Waals surface area contributed by atoms with Crippen LogP contribution in [0, 0.1) is 0 Å². The molecule has 2 amide bonds. The van der Waals surface area contributed by atoms with Crippen LogP contribution in [0.1, 0.15) is 31.7 Å². The molecule has 0 aliphatic rings. The molecule has 1 aromatic rings. The predicted molar refractivity (Wildman–Crippen MR) is 82.3 cm³/mol. The third-order valence-corrected chi connectivity index (χ3v) is 3.37. The van der Waals surface area contributed by atoms with Crippen molar-refractivity contribution in [2.75, 3.05) is 13.6 Å².